The van der Waals surface area contributed by atoms with Gasteiger partial charge in [0.25, 0.3) is 0 Å². The molecule has 2 aliphatic heterocycles. The number of fused-ring (bicyclic) bond motifs is 1. The maximum atomic E-state index is 12.7. The van der Waals surface area contributed by atoms with Crippen LogP contribution in [0.3, 0.4) is 0 Å². The summed E-state index contributed by atoms with van der Waals surface area (Å²) in [5.41, 5.74) is 3.74. The number of aromatic nitrogens is 1. The highest BCUT2D eigenvalue weighted by molar-refractivity contribution is 6.33. The summed E-state index contributed by atoms with van der Waals surface area (Å²) < 4.78 is 21.2. The highest BCUT2D eigenvalue weighted by atomic mass is 35.5. The molecule has 0 radical (unpaired) electrons. The predicted octanol–water partition coefficient (Wildman–Crippen LogP) is 6.92. The van der Waals surface area contributed by atoms with E-state index in [2.05, 4.69) is 39.4 Å². The lowest BCUT2D eigenvalue weighted by Gasteiger charge is -2.51. The van der Waals surface area contributed by atoms with Gasteiger partial charge in [0, 0.05) is 69.7 Å². The summed E-state index contributed by atoms with van der Waals surface area (Å²) >= 11 is 6.58. The second kappa shape index (κ2) is 14.8. The van der Waals surface area contributed by atoms with Gasteiger partial charge in [-0.25, -0.2) is 4.79 Å². The number of nitriles is 1. The van der Waals surface area contributed by atoms with Crippen LogP contribution >= 0.6 is 11.6 Å². The Balaban J connectivity index is 0.00000141. The molecule has 2 saturated heterocycles. The minimum Gasteiger partial charge on any atom is -0.487 e. The second-order valence-corrected chi connectivity index (χ2v) is 11.0. The van der Waals surface area contributed by atoms with Crippen LogP contribution in [-0.2, 0) is 9.47 Å². The summed E-state index contributed by atoms with van der Waals surface area (Å²) in [5.74, 6) is 0.933. The predicted molar refractivity (Wildman–Crippen MR) is 172 cm³/mol. The first-order chi connectivity index (χ1) is 21.3. The standard InChI is InChI=1S/C31H30ClN5O4.C2H6O/c1-4-20(2)28(34-3)17-40-22-6-8-26(25(32)13-22)36-29-21(15-33)16-35-27-14-23(5-7-24(27)29)41-30(38)37-18-31(19-37)9-11-39-12-10-31;1-3-2/h4-8,13-14,16H,1,3,9-12,17-19H2,2H3,(H,35,36);1-2H3/b28-20-;. The van der Waals surface area contributed by atoms with E-state index in [1.54, 1.807) is 61.6 Å². The van der Waals surface area contributed by atoms with Crippen LogP contribution in [0.15, 0.2) is 71.5 Å². The average Bonchev–Trinajstić information content (AvgIpc) is 3.01. The maximum Gasteiger partial charge on any atom is 0.415 e. The third-order valence-electron chi connectivity index (χ3n) is 7.56. The number of pyridine rings is 1. The van der Waals surface area contributed by atoms with E-state index >= 15 is 0 Å². The van der Waals surface area contributed by atoms with Crippen LogP contribution in [0, 0.1) is 16.7 Å². The molecular weight excluding hydrogens is 582 g/mol. The second-order valence-electron chi connectivity index (χ2n) is 10.6. The van der Waals surface area contributed by atoms with E-state index in [0.29, 0.717) is 63.1 Å². The zero-order valence-electron chi connectivity index (χ0n) is 25.2. The Labute approximate surface area is 262 Å². The van der Waals surface area contributed by atoms with Gasteiger partial charge in [-0.15, -0.1) is 0 Å². The summed E-state index contributed by atoms with van der Waals surface area (Å²) in [6.07, 6.45) is 4.72. The number of carbonyl (C=O) groups excluding carboxylic acids is 1. The Morgan fingerprint density at radius 1 is 1.23 bits per heavy atom. The third kappa shape index (κ3) is 7.55. The summed E-state index contributed by atoms with van der Waals surface area (Å²) in [5, 5.41) is 14.1. The number of nitrogens with one attached hydrogen (secondary N) is 1. The largest absolute Gasteiger partial charge is 0.487 e. The monoisotopic (exact) mass is 617 g/mol. The van der Waals surface area contributed by atoms with Gasteiger partial charge in [-0.3, -0.25) is 9.98 Å². The number of benzene rings is 2. The number of allylic oxidation sites excluding steroid dienone is 2. The van der Waals surface area contributed by atoms with Gasteiger partial charge < -0.3 is 29.2 Å². The van der Waals surface area contributed by atoms with Gasteiger partial charge in [-0.2, -0.15) is 5.26 Å². The topological polar surface area (TPSA) is 118 Å². The first-order valence-electron chi connectivity index (χ1n) is 14.0. The number of nitrogens with zero attached hydrogens (tertiary/aromatic N) is 4. The third-order valence-corrected chi connectivity index (χ3v) is 7.87. The molecule has 0 bridgehead atoms. The van der Waals surface area contributed by atoms with Crippen LogP contribution < -0.4 is 14.8 Å². The molecule has 5 rings (SSSR count). The van der Waals surface area contributed by atoms with Crippen LogP contribution in [0.25, 0.3) is 10.9 Å². The number of halogens is 1. The summed E-state index contributed by atoms with van der Waals surface area (Å²) in [6.45, 7) is 12.3. The molecular formula is C33H36ClN5O5. The Morgan fingerprint density at radius 2 is 1.93 bits per heavy atom. The molecule has 0 saturated carbocycles. The Hall–Kier alpha value is -4.43. The van der Waals surface area contributed by atoms with E-state index in [9.17, 15) is 10.1 Å². The van der Waals surface area contributed by atoms with Crippen LogP contribution in [0.2, 0.25) is 5.02 Å². The van der Waals surface area contributed by atoms with Gasteiger partial charge in [0.15, 0.2) is 0 Å². The molecule has 2 aliphatic rings. The molecule has 3 aromatic rings. The average molecular weight is 618 g/mol. The van der Waals surface area contributed by atoms with Crippen LogP contribution in [0.5, 0.6) is 11.5 Å². The molecule has 230 valence electrons. The summed E-state index contributed by atoms with van der Waals surface area (Å²) in [7, 11) is 3.25. The fourth-order valence-corrected chi connectivity index (χ4v) is 5.23. The molecule has 10 nitrogen and oxygen atoms in total. The SMILES string of the molecule is C=C/C(C)=C(/COc1ccc(Nc2c(C#N)cnc3cc(OC(=O)N4CC5(CCOCC5)C4)ccc23)c(Cl)c1)N=C.COC. The van der Waals surface area contributed by atoms with Crippen molar-refractivity contribution in [1.29, 1.82) is 5.26 Å². The molecule has 3 heterocycles. The van der Waals surface area contributed by atoms with Crippen molar-refractivity contribution in [2.45, 2.75) is 19.8 Å². The minimum atomic E-state index is -0.381. The van der Waals surface area contributed by atoms with Crippen LogP contribution in [-0.4, -0.2) is 69.8 Å². The van der Waals surface area contributed by atoms with E-state index in [-0.39, 0.29) is 18.1 Å². The molecule has 1 N–H and O–H groups in total. The Morgan fingerprint density at radius 3 is 2.57 bits per heavy atom. The lowest BCUT2D eigenvalue weighted by atomic mass is 9.74. The molecule has 44 heavy (non-hydrogen) atoms. The van der Waals surface area contributed by atoms with Gasteiger partial charge >= 0.3 is 6.09 Å². The molecule has 2 aromatic carbocycles. The van der Waals surface area contributed by atoms with Crippen molar-refractivity contribution in [3.63, 3.8) is 0 Å². The Bertz CT molecular complexity index is 1600. The van der Waals surface area contributed by atoms with Crippen LogP contribution in [0.4, 0.5) is 16.2 Å². The molecule has 0 atom stereocenters. The van der Waals surface area contributed by atoms with Crippen molar-refractivity contribution < 1.29 is 23.7 Å². The summed E-state index contributed by atoms with van der Waals surface area (Å²) in [6, 6.07) is 12.5. The van der Waals surface area contributed by atoms with Crippen LogP contribution in [0.1, 0.15) is 25.3 Å². The van der Waals surface area contributed by atoms with Crippen molar-refractivity contribution in [3.05, 3.63) is 77.1 Å². The van der Waals surface area contributed by atoms with Crippen molar-refractivity contribution >= 4 is 46.7 Å². The zero-order chi connectivity index (χ0) is 31.7. The zero-order valence-corrected chi connectivity index (χ0v) is 25.9. The highest BCUT2D eigenvalue weighted by Crippen LogP contribution is 2.40. The lowest BCUT2D eigenvalue weighted by molar-refractivity contribution is -0.0678. The van der Waals surface area contributed by atoms with E-state index in [0.717, 1.165) is 31.6 Å². The van der Waals surface area contributed by atoms with Crippen molar-refractivity contribution in [2.75, 3.05) is 52.4 Å². The number of rotatable bonds is 8. The van der Waals surface area contributed by atoms with Gasteiger partial charge in [-0.1, -0.05) is 24.3 Å². The smallest absolute Gasteiger partial charge is 0.415 e. The normalized spacial score (nSPS) is 15.6. The van der Waals surface area contributed by atoms with Crippen molar-refractivity contribution in [1.82, 2.24) is 9.88 Å². The molecule has 11 heteroatoms. The first kappa shape index (κ1) is 32.5. The van der Waals surface area contributed by atoms with Crippen molar-refractivity contribution in [3.8, 4) is 17.6 Å². The number of anilines is 2. The first-order valence-corrected chi connectivity index (χ1v) is 14.4. The quantitative estimate of drug-likeness (QED) is 0.214. The number of likely N-dealkylation sites (tertiary alicyclic amines) is 1. The number of methoxy groups -OCH3 is 1. The number of hydrogen-bond acceptors (Lipinski definition) is 9. The molecule has 2 fully saturated rings. The molecule has 1 aromatic heterocycles. The minimum absolute atomic E-state index is 0.162. The van der Waals surface area contributed by atoms with Gasteiger partial charge in [-0.05, 0) is 56.3 Å². The maximum absolute atomic E-state index is 12.7. The Kier molecular flexibility index (Phi) is 11.0. The van der Waals surface area contributed by atoms with E-state index in [4.69, 9.17) is 25.8 Å². The number of hydrogen-bond donors (Lipinski definition) is 1. The van der Waals surface area contributed by atoms with E-state index in [1.807, 2.05) is 6.92 Å². The molecule has 1 amide bonds. The number of aliphatic imine (C=N–C) groups is 1. The fourth-order valence-electron chi connectivity index (χ4n) is 5.01. The van der Waals surface area contributed by atoms with Gasteiger partial charge in [0.1, 0.15) is 24.2 Å². The van der Waals surface area contributed by atoms with E-state index < -0.39 is 0 Å². The van der Waals surface area contributed by atoms with E-state index in [1.165, 1.54) is 6.20 Å². The van der Waals surface area contributed by atoms with Crippen molar-refractivity contribution in [2.24, 2.45) is 10.4 Å². The molecule has 1 spiro atoms. The molecule has 0 aliphatic carbocycles. The lowest BCUT2D eigenvalue weighted by Crippen LogP contribution is -2.60. The number of carbonyl (C=O) groups is 1. The number of amides is 1. The van der Waals surface area contributed by atoms with Gasteiger partial charge in [0.05, 0.1) is 33.2 Å². The fraction of sp³-hybridized carbons (Fsp3) is 0.333. The summed E-state index contributed by atoms with van der Waals surface area (Å²) in [4.78, 5) is 22.9. The number of ether oxygens (including phenoxy) is 4. The van der Waals surface area contributed by atoms with Gasteiger partial charge in [0.2, 0.25) is 0 Å². The molecule has 0 unspecified atom stereocenters. The highest BCUT2D eigenvalue weighted by Gasteiger charge is 2.46.